The highest BCUT2D eigenvalue weighted by Gasteiger charge is 2.14. The molecule has 0 unspecified atom stereocenters. The van der Waals surface area contributed by atoms with Crippen molar-refractivity contribution >= 4 is 16.7 Å². The molecular formula is C17H13NO3. The lowest BCUT2D eigenvalue weighted by Crippen LogP contribution is -2.05. The van der Waals surface area contributed by atoms with Crippen LogP contribution in [0.3, 0.4) is 0 Å². The van der Waals surface area contributed by atoms with Crippen LogP contribution in [0.25, 0.3) is 22.0 Å². The summed E-state index contributed by atoms with van der Waals surface area (Å²) in [6.07, 6.45) is 0. The van der Waals surface area contributed by atoms with Crippen molar-refractivity contribution in [1.29, 1.82) is 0 Å². The van der Waals surface area contributed by atoms with Gasteiger partial charge in [-0.1, -0.05) is 30.3 Å². The van der Waals surface area contributed by atoms with Crippen LogP contribution in [0.2, 0.25) is 0 Å². The quantitative estimate of drug-likeness (QED) is 0.730. The highest BCUT2D eigenvalue weighted by Crippen LogP contribution is 2.29. The van der Waals surface area contributed by atoms with Crippen LogP contribution in [0.4, 0.5) is 0 Å². The van der Waals surface area contributed by atoms with E-state index in [1.54, 1.807) is 24.3 Å². The molecule has 2 aromatic carbocycles. The second-order valence-electron chi connectivity index (χ2n) is 4.62. The van der Waals surface area contributed by atoms with Gasteiger partial charge in [0, 0.05) is 10.9 Å². The first-order valence-electron chi connectivity index (χ1n) is 6.46. The van der Waals surface area contributed by atoms with Crippen LogP contribution >= 0.6 is 0 Å². The number of hydrogen-bond donors (Lipinski definition) is 1. The second kappa shape index (κ2) is 5.25. The van der Waals surface area contributed by atoms with E-state index in [9.17, 15) is 9.90 Å². The molecule has 104 valence electrons. The molecule has 4 nitrogen and oxygen atoms in total. The van der Waals surface area contributed by atoms with Crippen LogP contribution in [0.15, 0.2) is 54.6 Å². The number of rotatable bonds is 2. The fourth-order valence-corrected chi connectivity index (χ4v) is 2.27. The van der Waals surface area contributed by atoms with Gasteiger partial charge in [0.15, 0.2) is 0 Å². The predicted molar refractivity (Wildman–Crippen MR) is 80.2 cm³/mol. The molecule has 0 aliphatic carbocycles. The average Bonchev–Trinajstić information content (AvgIpc) is 2.53. The maximum Gasteiger partial charge on any atom is 0.356 e. The van der Waals surface area contributed by atoms with Gasteiger partial charge in [-0.25, -0.2) is 9.78 Å². The molecule has 1 heterocycles. The Balaban J connectivity index is 2.33. The molecule has 0 bridgehead atoms. The molecule has 0 saturated carbocycles. The summed E-state index contributed by atoms with van der Waals surface area (Å²) < 4.78 is 4.74. The van der Waals surface area contributed by atoms with Gasteiger partial charge in [0.2, 0.25) is 0 Å². The zero-order valence-corrected chi connectivity index (χ0v) is 11.4. The lowest BCUT2D eigenvalue weighted by Gasteiger charge is -2.09. The normalized spacial score (nSPS) is 10.5. The Labute approximate surface area is 121 Å². The predicted octanol–water partition coefficient (Wildman–Crippen LogP) is 3.39. The van der Waals surface area contributed by atoms with Crippen molar-refractivity contribution in [3.63, 3.8) is 0 Å². The largest absolute Gasteiger partial charge is 0.508 e. The van der Waals surface area contributed by atoms with Gasteiger partial charge in [-0.15, -0.1) is 0 Å². The topological polar surface area (TPSA) is 59.4 Å². The number of aromatic hydroxyl groups is 1. The zero-order valence-electron chi connectivity index (χ0n) is 11.4. The van der Waals surface area contributed by atoms with Gasteiger partial charge in [0.05, 0.1) is 12.8 Å². The number of fused-ring (bicyclic) bond motifs is 1. The van der Waals surface area contributed by atoms with Crippen molar-refractivity contribution in [1.82, 2.24) is 4.98 Å². The number of methoxy groups -OCH3 is 1. The van der Waals surface area contributed by atoms with Crippen molar-refractivity contribution in [3.8, 4) is 17.0 Å². The number of benzene rings is 2. The van der Waals surface area contributed by atoms with Crippen LogP contribution in [0.5, 0.6) is 5.75 Å². The standard InChI is InChI=1S/C17H13NO3/c1-21-17(20)15-10-12-9-13(19)7-8-14(12)16(18-15)11-5-3-2-4-6-11/h2-10,19H,1H3. The molecule has 1 aromatic heterocycles. The highest BCUT2D eigenvalue weighted by atomic mass is 16.5. The van der Waals surface area contributed by atoms with Crippen molar-refractivity contribution in [2.45, 2.75) is 0 Å². The molecule has 3 aromatic rings. The smallest absolute Gasteiger partial charge is 0.356 e. The minimum Gasteiger partial charge on any atom is -0.508 e. The van der Waals surface area contributed by atoms with Crippen LogP contribution in [0, 0.1) is 0 Å². The summed E-state index contributed by atoms with van der Waals surface area (Å²) >= 11 is 0. The summed E-state index contributed by atoms with van der Waals surface area (Å²) in [6.45, 7) is 0. The van der Waals surface area contributed by atoms with Gasteiger partial charge in [0.1, 0.15) is 11.4 Å². The second-order valence-corrected chi connectivity index (χ2v) is 4.62. The molecule has 21 heavy (non-hydrogen) atoms. The van der Waals surface area contributed by atoms with E-state index in [2.05, 4.69) is 4.98 Å². The number of carbonyl (C=O) groups excluding carboxylic acids is 1. The van der Waals surface area contributed by atoms with Crippen molar-refractivity contribution in [3.05, 3.63) is 60.3 Å². The van der Waals surface area contributed by atoms with Crippen LogP contribution in [-0.4, -0.2) is 23.2 Å². The molecule has 3 rings (SSSR count). The number of esters is 1. The number of carbonyl (C=O) groups is 1. The third-order valence-corrected chi connectivity index (χ3v) is 3.26. The molecule has 0 atom stereocenters. The van der Waals surface area contributed by atoms with E-state index in [-0.39, 0.29) is 11.4 Å². The molecule has 1 N–H and O–H groups in total. The van der Waals surface area contributed by atoms with Gasteiger partial charge in [-0.2, -0.15) is 0 Å². The molecule has 0 aliphatic rings. The summed E-state index contributed by atoms with van der Waals surface area (Å²) in [4.78, 5) is 16.2. The van der Waals surface area contributed by atoms with Crippen LogP contribution in [0.1, 0.15) is 10.5 Å². The Morgan fingerprint density at radius 3 is 2.57 bits per heavy atom. The van der Waals surface area contributed by atoms with Gasteiger partial charge in [0.25, 0.3) is 0 Å². The molecule has 0 aliphatic heterocycles. The van der Waals surface area contributed by atoms with Gasteiger partial charge in [-0.3, -0.25) is 0 Å². The number of phenolic OH excluding ortho intramolecular Hbond substituents is 1. The average molecular weight is 279 g/mol. The van der Waals surface area contributed by atoms with E-state index in [0.717, 1.165) is 16.3 Å². The molecular weight excluding hydrogens is 266 g/mol. The number of hydrogen-bond acceptors (Lipinski definition) is 4. The van der Waals surface area contributed by atoms with E-state index >= 15 is 0 Å². The SMILES string of the molecule is COC(=O)c1cc2cc(O)ccc2c(-c2ccccc2)n1. The lowest BCUT2D eigenvalue weighted by atomic mass is 10.0. The van der Waals surface area contributed by atoms with Gasteiger partial charge in [-0.05, 0) is 29.7 Å². The lowest BCUT2D eigenvalue weighted by molar-refractivity contribution is 0.0594. The van der Waals surface area contributed by atoms with Crippen LogP contribution in [-0.2, 0) is 4.74 Å². The van der Waals surface area contributed by atoms with E-state index in [0.29, 0.717) is 5.69 Å². The Kier molecular flexibility index (Phi) is 3.28. The highest BCUT2D eigenvalue weighted by molar-refractivity contribution is 6.00. The Hall–Kier alpha value is -2.88. The zero-order chi connectivity index (χ0) is 14.8. The van der Waals surface area contributed by atoms with Crippen molar-refractivity contribution in [2.24, 2.45) is 0 Å². The molecule has 0 radical (unpaired) electrons. The first-order valence-corrected chi connectivity index (χ1v) is 6.46. The van der Waals surface area contributed by atoms with Gasteiger partial charge < -0.3 is 9.84 Å². The monoisotopic (exact) mass is 279 g/mol. The first-order chi connectivity index (χ1) is 10.2. The number of aromatic nitrogens is 1. The summed E-state index contributed by atoms with van der Waals surface area (Å²) in [5.41, 5.74) is 1.81. The molecule has 0 spiro atoms. The molecule has 0 saturated heterocycles. The number of ether oxygens (including phenoxy) is 1. The van der Waals surface area contributed by atoms with E-state index in [4.69, 9.17) is 4.74 Å². The minimum atomic E-state index is -0.502. The summed E-state index contributed by atoms with van der Waals surface area (Å²) in [5, 5.41) is 11.2. The van der Waals surface area contributed by atoms with E-state index < -0.39 is 5.97 Å². The van der Waals surface area contributed by atoms with Crippen molar-refractivity contribution in [2.75, 3.05) is 7.11 Å². The fraction of sp³-hybridized carbons (Fsp3) is 0.0588. The number of nitrogens with zero attached hydrogens (tertiary/aromatic N) is 1. The maximum absolute atomic E-state index is 11.8. The third kappa shape index (κ3) is 2.43. The fourth-order valence-electron chi connectivity index (χ4n) is 2.27. The Morgan fingerprint density at radius 2 is 1.86 bits per heavy atom. The summed E-state index contributed by atoms with van der Waals surface area (Å²) in [6, 6.07) is 16.2. The van der Waals surface area contributed by atoms with Crippen LogP contribution < -0.4 is 0 Å². The third-order valence-electron chi connectivity index (χ3n) is 3.26. The summed E-state index contributed by atoms with van der Waals surface area (Å²) in [5.74, 6) is -0.360. The van der Waals surface area contributed by atoms with Crippen molar-refractivity contribution < 1.29 is 14.6 Å². The Morgan fingerprint density at radius 1 is 1.10 bits per heavy atom. The number of pyridine rings is 1. The van der Waals surface area contributed by atoms with E-state index in [1.807, 2.05) is 30.3 Å². The Bertz CT molecular complexity index is 813. The maximum atomic E-state index is 11.8. The molecule has 4 heteroatoms. The number of phenols is 1. The first kappa shape index (κ1) is 13.1. The van der Waals surface area contributed by atoms with E-state index in [1.165, 1.54) is 7.11 Å². The minimum absolute atomic E-state index is 0.142. The molecule has 0 fully saturated rings. The summed E-state index contributed by atoms with van der Waals surface area (Å²) in [7, 11) is 1.32. The molecule has 0 amide bonds. The van der Waals surface area contributed by atoms with Gasteiger partial charge >= 0.3 is 5.97 Å².